The van der Waals surface area contributed by atoms with Crippen LogP contribution in [-0.2, 0) is 4.43 Å². The first-order chi connectivity index (χ1) is 10.4. The lowest BCUT2D eigenvalue weighted by atomic mass is 9.75. The van der Waals surface area contributed by atoms with E-state index in [1.54, 1.807) is 0 Å². The van der Waals surface area contributed by atoms with Crippen LogP contribution in [0.5, 0.6) is 0 Å². The predicted octanol–water partition coefficient (Wildman–Crippen LogP) is 3.63. The smallest absolute Gasteiger partial charge is 0.368 e. The lowest BCUT2D eigenvalue weighted by molar-refractivity contribution is 0.0617. The first-order valence-corrected chi connectivity index (χ1v) is 11.2. The Balaban J connectivity index is 3.84. The highest BCUT2D eigenvalue weighted by Gasteiger charge is 2.30. The summed E-state index contributed by atoms with van der Waals surface area (Å²) in [5, 5.41) is 0. The van der Waals surface area contributed by atoms with Crippen LogP contribution in [0.4, 0.5) is 0 Å². The molecule has 8 heteroatoms. The van der Waals surface area contributed by atoms with Crippen LogP contribution in [0.2, 0.25) is 0 Å². The van der Waals surface area contributed by atoms with Gasteiger partial charge in [0.05, 0.1) is 0 Å². The van der Waals surface area contributed by atoms with Gasteiger partial charge in [0.25, 0.3) is 0 Å². The Labute approximate surface area is 150 Å². The first kappa shape index (κ1) is 22.9. The monoisotopic (exact) mass is 394 g/mol. The fraction of sp³-hybridized carbons (Fsp3) is 1.00. The van der Waals surface area contributed by atoms with E-state index in [2.05, 4.69) is 4.43 Å². The summed E-state index contributed by atoms with van der Waals surface area (Å²) >= 11 is 17.8. The Hall–Kier alpha value is 0.927. The largest absolute Gasteiger partial charge is 0.671 e. The van der Waals surface area contributed by atoms with Crippen molar-refractivity contribution in [2.45, 2.75) is 57.8 Å². The average molecular weight is 396 g/mol. The summed E-state index contributed by atoms with van der Waals surface area (Å²) in [4.78, 5) is 26.1. The van der Waals surface area contributed by atoms with Crippen molar-refractivity contribution < 1.29 is 18.8 Å². The predicted molar refractivity (Wildman–Crippen MR) is 94.5 cm³/mol. The minimum absolute atomic E-state index is 0.171. The van der Waals surface area contributed by atoms with E-state index in [1.165, 1.54) is 0 Å². The molecule has 0 unspecified atom stereocenters. The van der Waals surface area contributed by atoms with Crippen LogP contribution >= 0.6 is 34.8 Å². The Morgan fingerprint density at radius 3 is 1.59 bits per heavy atom. The van der Waals surface area contributed by atoms with Crippen molar-refractivity contribution in [3.8, 4) is 0 Å². The van der Waals surface area contributed by atoms with Gasteiger partial charge in [0.1, 0.15) is 0 Å². The Kier molecular flexibility index (Phi) is 13.8. The Morgan fingerprint density at radius 1 is 0.682 bits per heavy atom. The summed E-state index contributed by atoms with van der Waals surface area (Å²) in [5.74, 6) is 1.92. The molecular formula is C14H29Cl3O4Si. The molecule has 0 fully saturated rings. The summed E-state index contributed by atoms with van der Waals surface area (Å²) in [6.45, 7) is 0.185. The van der Waals surface area contributed by atoms with Gasteiger partial charge in [-0.1, -0.05) is 25.7 Å². The SMILES string of the molecule is O[Si](O)(O)OCCCCCCCC(CCCl)(CCCl)CCCl. The molecule has 0 aliphatic carbocycles. The summed E-state index contributed by atoms with van der Waals surface area (Å²) < 4.78 is 4.55. The fourth-order valence-corrected chi connectivity index (χ4v) is 4.31. The molecule has 0 spiro atoms. The second-order valence-electron chi connectivity index (χ2n) is 5.76. The van der Waals surface area contributed by atoms with Gasteiger partial charge < -0.3 is 18.8 Å². The van der Waals surface area contributed by atoms with Gasteiger partial charge >= 0.3 is 9.05 Å². The minimum Gasteiger partial charge on any atom is -0.368 e. The highest BCUT2D eigenvalue weighted by Crippen LogP contribution is 2.38. The van der Waals surface area contributed by atoms with Gasteiger partial charge in [-0.25, -0.2) is 0 Å². The molecule has 0 rings (SSSR count). The van der Waals surface area contributed by atoms with Crippen molar-refractivity contribution >= 4 is 43.9 Å². The number of halogens is 3. The van der Waals surface area contributed by atoms with Crippen molar-refractivity contribution in [3.63, 3.8) is 0 Å². The number of rotatable bonds is 15. The Bertz CT molecular complexity index is 248. The topological polar surface area (TPSA) is 69.9 Å². The molecule has 0 amide bonds. The fourth-order valence-electron chi connectivity index (χ4n) is 2.69. The van der Waals surface area contributed by atoms with E-state index in [4.69, 9.17) is 49.2 Å². The highest BCUT2D eigenvalue weighted by atomic mass is 35.5. The molecule has 0 heterocycles. The first-order valence-electron chi connectivity index (χ1n) is 7.88. The van der Waals surface area contributed by atoms with Gasteiger partial charge in [0, 0.05) is 24.2 Å². The molecule has 3 N–H and O–H groups in total. The molecule has 22 heavy (non-hydrogen) atoms. The van der Waals surface area contributed by atoms with Crippen molar-refractivity contribution in [2.24, 2.45) is 5.41 Å². The van der Waals surface area contributed by atoms with Crippen molar-refractivity contribution in [3.05, 3.63) is 0 Å². The van der Waals surface area contributed by atoms with Gasteiger partial charge in [-0.2, -0.15) is 0 Å². The third kappa shape index (κ3) is 12.4. The molecule has 0 aromatic heterocycles. The molecule has 134 valence electrons. The van der Waals surface area contributed by atoms with E-state index >= 15 is 0 Å². The molecule has 0 aliphatic heterocycles. The van der Waals surface area contributed by atoms with E-state index in [9.17, 15) is 0 Å². The molecule has 0 aliphatic rings. The van der Waals surface area contributed by atoms with Crippen LogP contribution in [0.25, 0.3) is 0 Å². The van der Waals surface area contributed by atoms with Crippen LogP contribution in [0, 0.1) is 5.41 Å². The molecule has 0 aromatic rings. The summed E-state index contributed by atoms with van der Waals surface area (Å²) in [5.41, 5.74) is 0.171. The van der Waals surface area contributed by atoms with E-state index < -0.39 is 9.05 Å². The van der Waals surface area contributed by atoms with Crippen LogP contribution in [0.3, 0.4) is 0 Å². The molecule has 0 radical (unpaired) electrons. The molecule has 0 saturated heterocycles. The summed E-state index contributed by atoms with van der Waals surface area (Å²) in [6.07, 6.45) is 8.89. The molecule has 4 nitrogen and oxygen atoms in total. The summed E-state index contributed by atoms with van der Waals surface area (Å²) in [6, 6.07) is 0. The quantitative estimate of drug-likeness (QED) is 0.225. The molecule has 0 aromatic carbocycles. The van der Waals surface area contributed by atoms with Gasteiger partial charge in [-0.05, 0) is 37.5 Å². The zero-order valence-corrected chi connectivity index (χ0v) is 16.3. The molecule has 0 atom stereocenters. The zero-order valence-electron chi connectivity index (χ0n) is 13.1. The van der Waals surface area contributed by atoms with Crippen LogP contribution < -0.4 is 0 Å². The minimum atomic E-state index is -4.32. The number of hydrogen-bond donors (Lipinski definition) is 3. The van der Waals surface area contributed by atoms with E-state index in [-0.39, 0.29) is 12.0 Å². The maximum atomic E-state index is 8.69. The van der Waals surface area contributed by atoms with Gasteiger partial charge in [-0.15, -0.1) is 34.8 Å². The standard InChI is InChI=1S/C14H29Cl3O4Si/c15-10-7-14(8-11-16,9-12-17)6-4-2-1-3-5-13-21-22(18,19)20/h18-20H,1-13H2. The number of unbranched alkanes of at least 4 members (excludes halogenated alkanes) is 4. The highest BCUT2D eigenvalue weighted by molar-refractivity contribution is 6.48. The average Bonchev–Trinajstić information content (AvgIpc) is 2.41. The number of hydrogen-bond acceptors (Lipinski definition) is 4. The van der Waals surface area contributed by atoms with Crippen molar-refractivity contribution in [2.75, 3.05) is 24.2 Å². The van der Waals surface area contributed by atoms with Gasteiger partial charge in [-0.3, -0.25) is 0 Å². The Morgan fingerprint density at radius 2 is 1.14 bits per heavy atom. The molecular weight excluding hydrogens is 367 g/mol. The lowest BCUT2D eigenvalue weighted by Gasteiger charge is -2.32. The third-order valence-corrected chi connectivity index (χ3v) is 5.18. The molecule has 0 bridgehead atoms. The summed E-state index contributed by atoms with van der Waals surface area (Å²) in [7, 11) is -4.32. The van der Waals surface area contributed by atoms with Crippen molar-refractivity contribution in [1.82, 2.24) is 0 Å². The van der Waals surface area contributed by atoms with Gasteiger partial charge in [0.15, 0.2) is 0 Å². The third-order valence-electron chi connectivity index (χ3n) is 4.02. The molecule has 0 saturated carbocycles. The maximum Gasteiger partial charge on any atom is 0.671 e. The van der Waals surface area contributed by atoms with E-state index in [1.807, 2.05) is 0 Å². The van der Waals surface area contributed by atoms with E-state index in [0.29, 0.717) is 24.1 Å². The normalized spacial score (nSPS) is 12.8. The second kappa shape index (κ2) is 13.2. The number of alkyl halides is 3. The van der Waals surface area contributed by atoms with Crippen LogP contribution in [-0.4, -0.2) is 47.7 Å². The second-order valence-corrected chi connectivity index (χ2v) is 8.33. The van der Waals surface area contributed by atoms with Gasteiger partial charge in [0.2, 0.25) is 0 Å². The van der Waals surface area contributed by atoms with Crippen LogP contribution in [0.15, 0.2) is 0 Å². The zero-order chi connectivity index (χ0) is 16.9. The lowest BCUT2D eigenvalue weighted by Crippen LogP contribution is -2.39. The van der Waals surface area contributed by atoms with Crippen LogP contribution in [0.1, 0.15) is 57.8 Å². The maximum absolute atomic E-state index is 8.69. The van der Waals surface area contributed by atoms with Crippen molar-refractivity contribution in [1.29, 1.82) is 0 Å². The van der Waals surface area contributed by atoms with E-state index in [0.717, 1.165) is 51.4 Å².